The SMILES string of the molecule is CCn1nc(C(=O)N2CCCC2)c2c1CCC(N1CCSCC1)C2. The lowest BCUT2D eigenvalue weighted by molar-refractivity contribution is 0.0784. The molecule has 4 rings (SSSR count). The first-order valence-corrected chi connectivity index (χ1v) is 10.6. The van der Waals surface area contributed by atoms with Gasteiger partial charge in [-0.15, -0.1) is 0 Å². The van der Waals surface area contributed by atoms with Gasteiger partial charge in [0.1, 0.15) is 0 Å². The molecule has 2 fully saturated rings. The molecule has 1 amide bonds. The number of aryl methyl sites for hydroxylation is 1. The molecule has 0 bridgehead atoms. The Kier molecular flexibility index (Phi) is 4.86. The molecular formula is C18H28N4OS. The lowest BCUT2D eigenvalue weighted by Gasteiger charge is -2.36. The predicted octanol–water partition coefficient (Wildman–Crippen LogP) is 2.05. The van der Waals surface area contributed by atoms with E-state index in [4.69, 9.17) is 5.10 Å². The van der Waals surface area contributed by atoms with Crippen molar-refractivity contribution >= 4 is 17.7 Å². The van der Waals surface area contributed by atoms with Gasteiger partial charge in [0.25, 0.3) is 5.91 Å². The number of thioether (sulfide) groups is 1. The van der Waals surface area contributed by atoms with E-state index in [1.165, 1.54) is 42.3 Å². The van der Waals surface area contributed by atoms with E-state index in [0.29, 0.717) is 6.04 Å². The van der Waals surface area contributed by atoms with E-state index in [0.717, 1.165) is 51.0 Å². The molecule has 0 spiro atoms. The second-order valence-electron chi connectivity index (χ2n) is 7.13. The molecule has 2 aliphatic heterocycles. The highest BCUT2D eigenvalue weighted by Crippen LogP contribution is 2.30. The Morgan fingerprint density at radius 2 is 1.96 bits per heavy atom. The molecule has 1 atom stereocenters. The Labute approximate surface area is 148 Å². The van der Waals surface area contributed by atoms with E-state index in [1.807, 2.05) is 4.90 Å². The summed E-state index contributed by atoms with van der Waals surface area (Å²) in [5, 5.41) is 4.74. The molecule has 0 N–H and O–H groups in total. The smallest absolute Gasteiger partial charge is 0.274 e. The van der Waals surface area contributed by atoms with Crippen molar-refractivity contribution in [2.75, 3.05) is 37.7 Å². The maximum Gasteiger partial charge on any atom is 0.274 e. The van der Waals surface area contributed by atoms with Gasteiger partial charge in [0.15, 0.2) is 5.69 Å². The van der Waals surface area contributed by atoms with Gasteiger partial charge in [0.2, 0.25) is 0 Å². The Balaban J connectivity index is 1.60. The molecule has 6 heteroatoms. The van der Waals surface area contributed by atoms with Crippen LogP contribution in [0.2, 0.25) is 0 Å². The fourth-order valence-corrected chi connectivity index (χ4v) is 5.36. The van der Waals surface area contributed by atoms with Crippen molar-refractivity contribution in [2.45, 2.75) is 51.6 Å². The van der Waals surface area contributed by atoms with Gasteiger partial charge >= 0.3 is 0 Å². The molecular weight excluding hydrogens is 320 g/mol. The first-order valence-electron chi connectivity index (χ1n) is 9.47. The van der Waals surface area contributed by atoms with E-state index in [1.54, 1.807) is 0 Å². The van der Waals surface area contributed by atoms with Crippen LogP contribution in [0.25, 0.3) is 0 Å². The van der Waals surface area contributed by atoms with Crippen LogP contribution in [-0.4, -0.2) is 69.2 Å². The number of hydrogen-bond acceptors (Lipinski definition) is 4. The van der Waals surface area contributed by atoms with Crippen LogP contribution in [0, 0.1) is 0 Å². The van der Waals surface area contributed by atoms with Gasteiger partial charge in [0.05, 0.1) is 0 Å². The van der Waals surface area contributed by atoms with Gasteiger partial charge < -0.3 is 4.90 Å². The first-order chi connectivity index (χ1) is 11.8. The van der Waals surface area contributed by atoms with E-state index in [2.05, 4.69) is 28.3 Å². The van der Waals surface area contributed by atoms with Gasteiger partial charge in [-0.3, -0.25) is 14.4 Å². The number of hydrogen-bond donors (Lipinski definition) is 0. The topological polar surface area (TPSA) is 41.4 Å². The van der Waals surface area contributed by atoms with E-state index in [-0.39, 0.29) is 5.91 Å². The highest BCUT2D eigenvalue weighted by molar-refractivity contribution is 7.99. The molecule has 1 unspecified atom stereocenters. The zero-order chi connectivity index (χ0) is 16.5. The van der Waals surface area contributed by atoms with Crippen LogP contribution < -0.4 is 0 Å². The average Bonchev–Trinajstić information content (AvgIpc) is 3.29. The predicted molar refractivity (Wildman–Crippen MR) is 97.7 cm³/mol. The van der Waals surface area contributed by atoms with Crippen molar-refractivity contribution in [2.24, 2.45) is 0 Å². The van der Waals surface area contributed by atoms with Gasteiger partial charge in [0, 0.05) is 61.5 Å². The third-order valence-electron chi connectivity index (χ3n) is 5.78. The fraction of sp³-hybridized carbons (Fsp3) is 0.778. The normalized spacial score (nSPS) is 25.0. The van der Waals surface area contributed by atoms with Crippen molar-refractivity contribution in [3.05, 3.63) is 17.0 Å². The summed E-state index contributed by atoms with van der Waals surface area (Å²) in [6.45, 7) is 7.19. The van der Waals surface area contributed by atoms with Crippen LogP contribution >= 0.6 is 11.8 Å². The minimum absolute atomic E-state index is 0.172. The summed E-state index contributed by atoms with van der Waals surface area (Å²) < 4.78 is 2.08. The van der Waals surface area contributed by atoms with Crippen LogP contribution in [-0.2, 0) is 19.4 Å². The molecule has 0 aromatic carbocycles. The molecule has 3 aliphatic rings. The zero-order valence-corrected chi connectivity index (χ0v) is 15.5. The van der Waals surface area contributed by atoms with Crippen LogP contribution in [0.4, 0.5) is 0 Å². The minimum Gasteiger partial charge on any atom is -0.337 e. The summed E-state index contributed by atoms with van der Waals surface area (Å²) >= 11 is 2.06. The standard InChI is InChI=1S/C18H28N4OS/c1-2-22-16-6-5-14(20-9-11-24-12-10-20)13-15(16)17(19-22)18(23)21-7-3-4-8-21/h14H,2-13H2,1H3. The van der Waals surface area contributed by atoms with Crippen molar-refractivity contribution in [1.82, 2.24) is 19.6 Å². The van der Waals surface area contributed by atoms with Crippen LogP contribution in [0.1, 0.15) is 47.9 Å². The summed E-state index contributed by atoms with van der Waals surface area (Å²) in [5.41, 5.74) is 3.33. The quantitative estimate of drug-likeness (QED) is 0.838. The third kappa shape index (κ3) is 2.99. The maximum absolute atomic E-state index is 13.0. The number of rotatable bonds is 3. The number of fused-ring (bicyclic) bond motifs is 1. The fourth-order valence-electron chi connectivity index (χ4n) is 4.43. The van der Waals surface area contributed by atoms with Crippen molar-refractivity contribution in [3.8, 4) is 0 Å². The van der Waals surface area contributed by atoms with Gasteiger partial charge in [-0.25, -0.2) is 0 Å². The summed E-state index contributed by atoms with van der Waals surface area (Å²) in [4.78, 5) is 17.6. The molecule has 24 heavy (non-hydrogen) atoms. The highest BCUT2D eigenvalue weighted by Gasteiger charge is 2.33. The lowest BCUT2D eigenvalue weighted by atomic mass is 9.90. The van der Waals surface area contributed by atoms with E-state index < -0.39 is 0 Å². The number of carbonyl (C=O) groups is 1. The van der Waals surface area contributed by atoms with E-state index in [9.17, 15) is 4.79 Å². The molecule has 2 saturated heterocycles. The van der Waals surface area contributed by atoms with Crippen LogP contribution in [0.15, 0.2) is 0 Å². The third-order valence-corrected chi connectivity index (χ3v) is 6.72. The highest BCUT2D eigenvalue weighted by atomic mass is 32.2. The summed E-state index contributed by atoms with van der Waals surface area (Å²) in [7, 11) is 0. The number of amides is 1. The monoisotopic (exact) mass is 348 g/mol. The molecule has 1 aromatic heterocycles. The number of carbonyl (C=O) groups excluding carboxylic acids is 1. The molecule has 132 valence electrons. The molecule has 0 radical (unpaired) electrons. The minimum atomic E-state index is 0.172. The van der Waals surface area contributed by atoms with Crippen LogP contribution in [0.5, 0.6) is 0 Å². The van der Waals surface area contributed by atoms with Gasteiger partial charge in [-0.2, -0.15) is 16.9 Å². The second kappa shape index (κ2) is 7.08. The Bertz CT molecular complexity index is 602. The van der Waals surface area contributed by atoms with Crippen molar-refractivity contribution < 1.29 is 4.79 Å². The Morgan fingerprint density at radius 1 is 1.21 bits per heavy atom. The molecule has 0 saturated carbocycles. The largest absolute Gasteiger partial charge is 0.337 e. The Morgan fingerprint density at radius 3 is 2.67 bits per heavy atom. The Hall–Kier alpha value is -1.01. The van der Waals surface area contributed by atoms with E-state index >= 15 is 0 Å². The molecule has 1 aromatic rings. The summed E-state index contributed by atoms with van der Waals surface area (Å²) in [6, 6.07) is 0.595. The molecule has 5 nitrogen and oxygen atoms in total. The summed E-state index contributed by atoms with van der Waals surface area (Å²) in [5.74, 6) is 2.67. The number of aromatic nitrogens is 2. The van der Waals surface area contributed by atoms with Crippen molar-refractivity contribution in [1.29, 1.82) is 0 Å². The van der Waals surface area contributed by atoms with Gasteiger partial charge in [-0.05, 0) is 39.0 Å². The zero-order valence-electron chi connectivity index (χ0n) is 14.7. The lowest BCUT2D eigenvalue weighted by Crippen LogP contribution is -2.44. The second-order valence-corrected chi connectivity index (χ2v) is 8.36. The number of nitrogens with zero attached hydrogens (tertiary/aromatic N) is 4. The van der Waals surface area contributed by atoms with Crippen LogP contribution in [0.3, 0.4) is 0 Å². The first kappa shape index (κ1) is 16.5. The van der Waals surface area contributed by atoms with Crippen molar-refractivity contribution in [3.63, 3.8) is 0 Å². The molecule has 3 heterocycles. The number of likely N-dealkylation sites (tertiary alicyclic amines) is 1. The maximum atomic E-state index is 13.0. The summed E-state index contributed by atoms with van der Waals surface area (Å²) in [6.07, 6.45) is 5.56. The average molecular weight is 349 g/mol. The van der Waals surface area contributed by atoms with Gasteiger partial charge in [-0.1, -0.05) is 0 Å². The molecule has 1 aliphatic carbocycles.